The summed E-state index contributed by atoms with van der Waals surface area (Å²) in [6.45, 7) is 5.88. The van der Waals surface area contributed by atoms with Crippen molar-refractivity contribution in [2.45, 2.75) is 38.8 Å². The normalized spacial score (nSPS) is 18.3. The number of carbonyl (C=O) groups excluding carboxylic acids is 1. The molecule has 2 rings (SSSR count). The van der Waals surface area contributed by atoms with Gasteiger partial charge < -0.3 is 15.0 Å². The molecule has 0 aliphatic carbocycles. The molecule has 0 bridgehead atoms. The van der Waals surface area contributed by atoms with Crippen molar-refractivity contribution in [3.05, 3.63) is 29.8 Å². The molecular formula is C16H24N2O2. The third-order valence-electron chi connectivity index (χ3n) is 3.65. The van der Waals surface area contributed by atoms with Crippen molar-refractivity contribution in [1.82, 2.24) is 10.2 Å². The van der Waals surface area contributed by atoms with Crippen molar-refractivity contribution in [3.63, 3.8) is 0 Å². The number of para-hydroxylation sites is 1. The molecular weight excluding hydrogens is 252 g/mol. The Kier molecular flexibility index (Phi) is 5.01. The fourth-order valence-corrected chi connectivity index (χ4v) is 2.48. The molecule has 1 saturated heterocycles. The molecule has 0 saturated carbocycles. The second-order valence-electron chi connectivity index (χ2n) is 5.60. The number of likely N-dealkylation sites (N-methyl/N-ethyl adjacent to an activating group) is 1. The van der Waals surface area contributed by atoms with E-state index < -0.39 is 0 Å². The second-order valence-corrected chi connectivity index (χ2v) is 5.60. The Hall–Kier alpha value is -1.55. The molecule has 20 heavy (non-hydrogen) atoms. The van der Waals surface area contributed by atoms with Gasteiger partial charge in [-0.2, -0.15) is 0 Å². The molecule has 4 nitrogen and oxygen atoms in total. The van der Waals surface area contributed by atoms with Crippen LogP contribution in [0.3, 0.4) is 0 Å². The van der Waals surface area contributed by atoms with Crippen LogP contribution < -0.4 is 10.1 Å². The van der Waals surface area contributed by atoms with Crippen LogP contribution >= 0.6 is 0 Å². The zero-order valence-electron chi connectivity index (χ0n) is 12.6. The summed E-state index contributed by atoms with van der Waals surface area (Å²) in [5.41, 5.74) is 0.962. The van der Waals surface area contributed by atoms with E-state index in [1.165, 1.54) is 0 Å². The molecule has 1 aliphatic rings. The molecule has 1 amide bonds. The first-order valence-corrected chi connectivity index (χ1v) is 7.29. The summed E-state index contributed by atoms with van der Waals surface area (Å²) in [7, 11) is 1.89. The van der Waals surface area contributed by atoms with E-state index in [4.69, 9.17) is 4.74 Å². The lowest BCUT2D eigenvalue weighted by molar-refractivity contribution is -0.130. The Morgan fingerprint density at radius 2 is 2.20 bits per heavy atom. The fraction of sp³-hybridized carbons (Fsp3) is 0.562. The average Bonchev–Trinajstić information content (AvgIpc) is 2.93. The Morgan fingerprint density at radius 1 is 1.45 bits per heavy atom. The van der Waals surface area contributed by atoms with Crippen molar-refractivity contribution in [3.8, 4) is 5.75 Å². The zero-order valence-corrected chi connectivity index (χ0v) is 12.6. The monoisotopic (exact) mass is 276 g/mol. The number of amides is 1. The number of nitrogens with one attached hydrogen (secondary N) is 1. The first-order chi connectivity index (χ1) is 9.58. The van der Waals surface area contributed by atoms with Crippen molar-refractivity contribution in [1.29, 1.82) is 0 Å². The van der Waals surface area contributed by atoms with E-state index >= 15 is 0 Å². The summed E-state index contributed by atoms with van der Waals surface area (Å²) in [4.78, 5) is 14.2. The molecule has 1 N–H and O–H groups in total. The first kappa shape index (κ1) is 14.9. The highest BCUT2D eigenvalue weighted by Crippen LogP contribution is 2.21. The Morgan fingerprint density at radius 3 is 2.85 bits per heavy atom. The van der Waals surface area contributed by atoms with Gasteiger partial charge >= 0.3 is 0 Å². The largest absolute Gasteiger partial charge is 0.491 e. The number of ether oxygens (including phenoxy) is 1. The maximum atomic E-state index is 12.4. The second kappa shape index (κ2) is 6.75. The third kappa shape index (κ3) is 3.73. The topological polar surface area (TPSA) is 41.6 Å². The Labute approximate surface area is 121 Å². The van der Waals surface area contributed by atoms with Gasteiger partial charge in [0.05, 0.1) is 12.5 Å². The highest BCUT2D eigenvalue weighted by molar-refractivity contribution is 5.79. The molecule has 0 radical (unpaired) electrons. The van der Waals surface area contributed by atoms with Gasteiger partial charge in [-0.05, 0) is 32.9 Å². The molecule has 110 valence electrons. The standard InChI is InChI=1S/C16H24N2O2/c1-12(2)20-15-7-5-4-6-13(15)10-16(19)18(3)14-8-9-17-11-14/h4-7,12,14,17H,8-11H2,1-3H3. The van der Waals surface area contributed by atoms with E-state index in [0.717, 1.165) is 30.8 Å². The fourth-order valence-electron chi connectivity index (χ4n) is 2.48. The lowest BCUT2D eigenvalue weighted by Crippen LogP contribution is -2.39. The molecule has 1 aromatic rings. The lowest BCUT2D eigenvalue weighted by atomic mass is 10.1. The van der Waals surface area contributed by atoms with Gasteiger partial charge in [0, 0.05) is 25.2 Å². The molecule has 0 spiro atoms. The van der Waals surface area contributed by atoms with Gasteiger partial charge in [0.15, 0.2) is 0 Å². The number of hydrogen-bond acceptors (Lipinski definition) is 3. The van der Waals surface area contributed by atoms with Crippen LogP contribution in [0.5, 0.6) is 5.75 Å². The van der Waals surface area contributed by atoms with Gasteiger partial charge in [-0.3, -0.25) is 4.79 Å². The van der Waals surface area contributed by atoms with Crippen molar-refractivity contribution in [2.75, 3.05) is 20.1 Å². The van der Waals surface area contributed by atoms with Gasteiger partial charge in [0.25, 0.3) is 0 Å². The number of benzene rings is 1. The summed E-state index contributed by atoms with van der Waals surface area (Å²) < 4.78 is 5.77. The van der Waals surface area contributed by atoms with Gasteiger partial charge in [0.1, 0.15) is 5.75 Å². The zero-order chi connectivity index (χ0) is 14.5. The first-order valence-electron chi connectivity index (χ1n) is 7.29. The van der Waals surface area contributed by atoms with E-state index in [9.17, 15) is 4.79 Å². The van der Waals surface area contributed by atoms with Gasteiger partial charge in [-0.15, -0.1) is 0 Å². The van der Waals surface area contributed by atoms with E-state index in [1.54, 1.807) is 0 Å². The van der Waals surface area contributed by atoms with Gasteiger partial charge in [-0.1, -0.05) is 18.2 Å². The van der Waals surface area contributed by atoms with Crippen LogP contribution in [0.15, 0.2) is 24.3 Å². The minimum Gasteiger partial charge on any atom is -0.491 e. The van der Waals surface area contributed by atoms with Crippen molar-refractivity contribution >= 4 is 5.91 Å². The predicted octanol–water partition coefficient (Wildman–Crippen LogP) is 1.84. The lowest BCUT2D eigenvalue weighted by Gasteiger charge is -2.24. The van der Waals surface area contributed by atoms with Crippen LogP contribution in [-0.2, 0) is 11.2 Å². The minimum absolute atomic E-state index is 0.114. The van der Waals surface area contributed by atoms with Crippen LogP contribution in [0, 0.1) is 0 Å². The van der Waals surface area contributed by atoms with Gasteiger partial charge in [0.2, 0.25) is 5.91 Å². The van der Waals surface area contributed by atoms with Crippen molar-refractivity contribution < 1.29 is 9.53 Å². The summed E-state index contributed by atoms with van der Waals surface area (Å²) in [6, 6.07) is 8.11. The third-order valence-corrected chi connectivity index (χ3v) is 3.65. The smallest absolute Gasteiger partial charge is 0.227 e. The quantitative estimate of drug-likeness (QED) is 0.892. The maximum Gasteiger partial charge on any atom is 0.227 e. The van der Waals surface area contributed by atoms with Gasteiger partial charge in [-0.25, -0.2) is 0 Å². The molecule has 0 aromatic heterocycles. The molecule has 1 unspecified atom stereocenters. The number of hydrogen-bond donors (Lipinski definition) is 1. The van der Waals surface area contributed by atoms with Crippen LogP contribution in [0.1, 0.15) is 25.8 Å². The Balaban J connectivity index is 2.03. The molecule has 1 aliphatic heterocycles. The SMILES string of the molecule is CC(C)Oc1ccccc1CC(=O)N(C)C1CCNC1. The van der Waals surface area contributed by atoms with E-state index in [1.807, 2.05) is 50.1 Å². The van der Waals surface area contributed by atoms with E-state index in [2.05, 4.69) is 5.32 Å². The summed E-state index contributed by atoms with van der Waals surface area (Å²) >= 11 is 0. The summed E-state index contributed by atoms with van der Waals surface area (Å²) in [5, 5.41) is 3.29. The Bertz CT molecular complexity index is 454. The summed E-state index contributed by atoms with van der Waals surface area (Å²) in [6.07, 6.45) is 1.55. The van der Waals surface area contributed by atoms with E-state index in [-0.39, 0.29) is 12.0 Å². The van der Waals surface area contributed by atoms with E-state index in [0.29, 0.717) is 12.5 Å². The molecule has 1 fully saturated rings. The highest BCUT2D eigenvalue weighted by Gasteiger charge is 2.23. The molecule has 1 atom stereocenters. The highest BCUT2D eigenvalue weighted by atomic mass is 16.5. The van der Waals surface area contributed by atoms with Crippen molar-refractivity contribution in [2.24, 2.45) is 0 Å². The average molecular weight is 276 g/mol. The maximum absolute atomic E-state index is 12.4. The molecule has 1 aromatic carbocycles. The number of rotatable bonds is 5. The van der Waals surface area contributed by atoms with Crippen LogP contribution in [0.4, 0.5) is 0 Å². The molecule has 4 heteroatoms. The van der Waals surface area contributed by atoms with Crippen LogP contribution in [0.2, 0.25) is 0 Å². The number of nitrogens with zero attached hydrogens (tertiary/aromatic N) is 1. The predicted molar refractivity (Wildman–Crippen MR) is 80.0 cm³/mol. The van der Waals surface area contributed by atoms with Crippen LogP contribution in [0.25, 0.3) is 0 Å². The van der Waals surface area contributed by atoms with Crippen LogP contribution in [-0.4, -0.2) is 43.1 Å². The minimum atomic E-state index is 0.114. The summed E-state index contributed by atoms with van der Waals surface area (Å²) in [5.74, 6) is 0.965. The molecule has 1 heterocycles. The number of carbonyl (C=O) groups is 1.